The van der Waals surface area contributed by atoms with Gasteiger partial charge in [0.2, 0.25) is 0 Å². The maximum absolute atomic E-state index is 10.6. The Morgan fingerprint density at radius 2 is 1.66 bits per heavy atom. The third-order valence-electron chi connectivity index (χ3n) is 6.02. The lowest BCUT2D eigenvalue weighted by atomic mass is 9.78. The molecule has 0 saturated carbocycles. The summed E-state index contributed by atoms with van der Waals surface area (Å²) in [6, 6.07) is 25.5. The van der Waals surface area contributed by atoms with Crippen LogP contribution in [-0.2, 0) is 5.41 Å². The van der Waals surface area contributed by atoms with Gasteiger partial charge in [0.25, 0.3) is 0 Å². The minimum absolute atomic E-state index is 0.0804. The largest absolute Gasteiger partial charge is 0.509 e. The predicted molar refractivity (Wildman–Crippen MR) is 129 cm³/mol. The fourth-order valence-electron chi connectivity index (χ4n) is 4.35. The lowest BCUT2D eigenvalue weighted by Crippen LogP contribution is -2.26. The highest BCUT2D eigenvalue weighted by atomic mass is 16.3. The molecule has 0 atom stereocenters. The van der Waals surface area contributed by atoms with E-state index in [1.165, 1.54) is 6.07 Å². The van der Waals surface area contributed by atoms with E-state index in [1.807, 2.05) is 24.3 Å². The van der Waals surface area contributed by atoms with Crippen molar-refractivity contribution in [2.45, 2.75) is 19.3 Å². The number of benzene rings is 3. The molecule has 1 aromatic heterocycles. The van der Waals surface area contributed by atoms with E-state index in [1.54, 1.807) is 18.3 Å². The molecule has 3 aromatic carbocycles. The molecular weight excluding hydrogens is 394 g/mol. The molecule has 32 heavy (non-hydrogen) atoms. The van der Waals surface area contributed by atoms with Crippen LogP contribution in [0.15, 0.2) is 90.1 Å². The van der Waals surface area contributed by atoms with Gasteiger partial charge in [0.1, 0.15) is 5.75 Å². The molecule has 5 rings (SSSR count). The summed E-state index contributed by atoms with van der Waals surface area (Å²) in [5, 5.41) is 10.6. The number of hydrogen-bond acceptors (Lipinski definition) is 3. The molecular formula is C28H21N3O. The zero-order valence-electron chi connectivity index (χ0n) is 17.9. The van der Waals surface area contributed by atoms with E-state index in [-0.39, 0.29) is 11.2 Å². The first kappa shape index (κ1) is 19.7. The van der Waals surface area contributed by atoms with Crippen LogP contribution in [-0.4, -0.2) is 15.8 Å². The number of rotatable bonds is 3. The SMILES string of the molecule is [C-]#[N+]c1ccc(C2=Nc3c(-c4cccc(-c5ccccn5)c4)cccc3C2(C)C)c(O)c1. The number of phenolic OH excluding ortho intramolecular Hbond substituents is 1. The topological polar surface area (TPSA) is 49.8 Å². The molecule has 0 fully saturated rings. The van der Waals surface area contributed by atoms with Gasteiger partial charge in [-0.15, -0.1) is 0 Å². The smallest absolute Gasteiger partial charge is 0.190 e. The van der Waals surface area contributed by atoms with E-state index in [0.717, 1.165) is 39.3 Å². The number of fused-ring (bicyclic) bond motifs is 1. The van der Waals surface area contributed by atoms with Crippen molar-refractivity contribution in [1.29, 1.82) is 0 Å². The van der Waals surface area contributed by atoms with Crippen molar-refractivity contribution < 1.29 is 5.11 Å². The van der Waals surface area contributed by atoms with Gasteiger partial charge in [0.05, 0.1) is 23.7 Å². The normalized spacial score (nSPS) is 13.8. The van der Waals surface area contributed by atoms with Crippen molar-refractivity contribution in [2.24, 2.45) is 4.99 Å². The zero-order valence-corrected chi connectivity index (χ0v) is 17.9. The second-order valence-corrected chi connectivity index (χ2v) is 8.40. The minimum Gasteiger partial charge on any atom is -0.509 e. The van der Waals surface area contributed by atoms with E-state index >= 15 is 0 Å². The Kier molecular flexibility index (Phi) is 4.61. The number of phenols is 1. The van der Waals surface area contributed by atoms with Crippen molar-refractivity contribution >= 4 is 17.1 Å². The molecule has 0 aliphatic carbocycles. The molecule has 0 spiro atoms. The Bertz CT molecular complexity index is 1410. The molecule has 4 heteroatoms. The van der Waals surface area contributed by atoms with Crippen LogP contribution in [0.1, 0.15) is 25.0 Å². The number of nitrogens with zero attached hydrogens (tertiary/aromatic N) is 3. The fraction of sp³-hybridized carbons (Fsp3) is 0.107. The van der Waals surface area contributed by atoms with Crippen LogP contribution >= 0.6 is 0 Å². The van der Waals surface area contributed by atoms with Crippen molar-refractivity contribution in [1.82, 2.24) is 4.98 Å². The van der Waals surface area contributed by atoms with Gasteiger partial charge in [0.15, 0.2) is 5.69 Å². The number of aromatic hydroxyl groups is 1. The molecule has 1 N–H and O–H groups in total. The summed E-state index contributed by atoms with van der Waals surface area (Å²) in [5.74, 6) is 0.0804. The Morgan fingerprint density at radius 3 is 2.41 bits per heavy atom. The Morgan fingerprint density at radius 1 is 0.844 bits per heavy atom. The number of pyridine rings is 1. The molecule has 0 unspecified atom stereocenters. The maximum atomic E-state index is 10.6. The standard InChI is InChI=1S/C28H21N3O/c1-28(2)23-11-7-10-21(18-8-6-9-19(16-18)24-12-4-5-15-30-24)26(23)31-27(28)22-14-13-20(29-3)17-25(22)32/h4-17,32H,1-2H3. The quantitative estimate of drug-likeness (QED) is 0.363. The molecule has 0 radical (unpaired) electrons. The van der Waals surface area contributed by atoms with Gasteiger partial charge in [-0.1, -0.05) is 68.4 Å². The van der Waals surface area contributed by atoms with Crippen LogP contribution in [0, 0.1) is 6.57 Å². The van der Waals surface area contributed by atoms with Gasteiger partial charge < -0.3 is 5.11 Å². The zero-order chi connectivity index (χ0) is 22.3. The number of para-hydroxylation sites is 1. The second kappa shape index (κ2) is 7.47. The number of hydrogen-bond donors (Lipinski definition) is 1. The highest BCUT2D eigenvalue weighted by molar-refractivity contribution is 6.15. The molecule has 2 heterocycles. The van der Waals surface area contributed by atoms with E-state index in [4.69, 9.17) is 11.6 Å². The maximum Gasteiger partial charge on any atom is 0.190 e. The molecule has 0 amide bonds. The van der Waals surface area contributed by atoms with Gasteiger partial charge in [-0.05, 0) is 35.4 Å². The minimum atomic E-state index is -0.388. The van der Waals surface area contributed by atoms with Crippen LogP contribution in [0.25, 0.3) is 27.2 Å². The van der Waals surface area contributed by atoms with E-state index in [2.05, 4.69) is 60.1 Å². The third kappa shape index (κ3) is 3.16. The summed E-state index contributed by atoms with van der Waals surface area (Å²) in [6.45, 7) is 11.4. The van der Waals surface area contributed by atoms with Crippen molar-refractivity contribution in [3.8, 4) is 28.1 Å². The monoisotopic (exact) mass is 415 g/mol. The van der Waals surface area contributed by atoms with Crippen molar-refractivity contribution in [3.05, 3.63) is 108 Å². The van der Waals surface area contributed by atoms with Crippen LogP contribution in [0.3, 0.4) is 0 Å². The molecule has 4 nitrogen and oxygen atoms in total. The molecule has 1 aliphatic heterocycles. The van der Waals surface area contributed by atoms with Crippen molar-refractivity contribution in [2.75, 3.05) is 0 Å². The summed E-state index contributed by atoms with van der Waals surface area (Å²) >= 11 is 0. The number of aliphatic imine (C=N–C) groups is 1. The fourth-order valence-corrected chi connectivity index (χ4v) is 4.35. The van der Waals surface area contributed by atoms with Crippen molar-refractivity contribution in [3.63, 3.8) is 0 Å². The lowest BCUT2D eigenvalue weighted by molar-refractivity contribution is 0.473. The second-order valence-electron chi connectivity index (χ2n) is 8.40. The summed E-state index contributed by atoms with van der Waals surface area (Å²) in [4.78, 5) is 12.9. The summed E-state index contributed by atoms with van der Waals surface area (Å²) in [7, 11) is 0. The lowest BCUT2D eigenvalue weighted by Gasteiger charge is -2.23. The average molecular weight is 415 g/mol. The average Bonchev–Trinajstić information content (AvgIpc) is 3.10. The molecule has 1 aliphatic rings. The Balaban J connectivity index is 1.65. The Labute approximate surface area is 187 Å². The summed E-state index contributed by atoms with van der Waals surface area (Å²) in [5.41, 5.74) is 7.60. The highest BCUT2D eigenvalue weighted by Crippen LogP contribution is 2.48. The van der Waals surface area contributed by atoms with Crippen LogP contribution in [0.5, 0.6) is 5.75 Å². The van der Waals surface area contributed by atoms with Gasteiger partial charge in [-0.3, -0.25) is 9.98 Å². The third-order valence-corrected chi connectivity index (χ3v) is 6.02. The molecule has 4 aromatic rings. The van der Waals surface area contributed by atoms with Crippen LogP contribution in [0.4, 0.5) is 11.4 Å². The molecule has 0 saturated heterocycles. The van der Waals surface area contributed by atoms with Crippen LogP contribution in [0.2, 0.25) is 0 Å². The molecule has 0 bridgehead atoms. The first-order valence-electron chi connectivity index (χ1n) is 10.4. The van der Waals surface area contributed by atoms with Gasteiger partial charge in [-0.25, -0.2) is 4.85 Å². The number of aromatic nitrogens is 1. The van der Waals surface area contributed by atoms with E-state index in [9.17, 15) is 5.11 Å². The predicted octanol–water partition coefficient (Wildman–Crippen LogP) is 7.08. The van der Waals surface area contributed by atoms with E-state index in [0.29, 0.717) is 11.3 Å². The molecule has 154 valence electrons. The summed E-state index contributed by atoms with van der Waals surface area (Å²) in [6.07, 6.45) is 1.80. The van der Waals surface area contributed by atoms with Crippen LogP contribution < -0.4 is 0 Å². The summed E-state index contributed by atoms with van der Waals surface area (Å²) < 4.78 is 0. The first-order chi connectivity index (χ1) is 15.5. The van der Waals surface area contributed by atoms with Gasteiger partial charge in [-0.2, -0.15) is 0 Å². The Hall–Kier alpha value is -4.23. The van der Waals surface area contributed by atoms with Gasteiger partial charge in [0, 0.05) is 28.3 Å². The first-order valence-corrected chi connectivity index (χ1v) is 10.4. The van der Waals surface area contributed by atoms with E-state index < -0.39 is 0 Å². The highest BCUT2D eigenvalue weighted by Gasteiger charge is 2.38. The van der Waals surface area contributed by atoms with Gasteiger partial charge >= 0.3 is 0 Å².